The zero-order chi connectivity index (χ0) is 14.9. The smallest absolute Gasteiger partial charge is 0.262 e. The first kappa shape index (κ1) is 14.7. The SMILES string of the molecule is Nc1cc(NS(=O)(=O)c2ccc(F)c(F)c2)ccc1Br. The Morgan fingerprint density at radius 3 is 2.35 bits per heavy atom. The molecule has 0 spiro atoms. The van der Waals surface area contributed by atoms with Crippen molar-refractivity contribution >= 4 is 37.3 Å². The molecule has 2 rings (SSSR count). The fraction of sp³-hybridized carbons (Fsp3) is 0. The highest BCUT2D eigenvalue weighted by atomic mass is 79.9. The first-order chi connectivity index (χ1) is 9.29. The molecule has 20 heavy (non-hydrogen) atoms. The third-order valence-corrected chi connectivity index (χ3v) is 4.55. The Morgan fingerprint density at radius 2 is 1.75 bits per heavy atom. The number of benzene rings is 2. The van der Waals surface area contributed by atoms with Crippen LogP contribution in [0.25, 0.3) is 0 Å². The number of hydrogen-bond acceptors (Lipinski definition) is 3. The van der Waals surface area contributed by atoms with Gasteiger partial charge in [0.15, 0.2) is 11.6 Å². The molecule has 0 amide bonds. The van der Waals surface area contributed by atoms with E-state index in [4.69, 9.17) is 5.73 Å². The largest absolute Gasteiger partial charge is 0.398 e. The number of nitrogen functional groups attached to an aromatic ring is 1. The minimum atomic E-state index is -4.01. The van der Waals surface area contributed by atoms with Crippen molar-refractivity contribution in [1.82, 2.24) is 0 Å². The summed E-state index contributed by atoms with van der Waals surface area (Å²) in [6.45, 7) is 0. The Kier molecular flexibility index (Phi) is 3.96. The van der Waals surface area contributed by atoms with E-state index in [1.165, 1.54) is 12.1 Å². The maximum absolute atomic E-state index is 13.1. The molecule has 2 aromatic rings. The van der Waals surface area contributed by atoms with E-state index in [-0.39, 0.29) is 10.6 Å². The number of halogens is 3. The molecule has 0 unspecified atom stereocenters. The summed E-state index contributed by atoms with van der Waals surface area (Å²) in [7, 11) is -4.01. The minimum absolute atomic E-state index is 0.218. The third-order valence-electron chi connectivity index (χ3n) is 2.45. The summed E-state index contributed by atoms with van der Waals surface area (Å²) in [5.74, 6) is -2.35. The molecule has 0 saturated carbocycles. The van der Waals surface area contributed by atoms with Crippen LogP contribution in [0.1, 0.15) is 0 Å². The van der Waals surface area contributed by atoms with E-state index in [9.17, 15) is 17.2 Å². The molecule has 4 nitrogen and oxygen atoms in total. The summed E-state index contributed by atoms with van der Waals surface area (Å²) >= 11 is 3.18. The zero-order valence-corrected chi connectivity index (χ0v) is 12.3. The van der Waals surface area contributed by atoms with Gasteiger partial charge in [-0.2, -0.15) is 0 Å². The highest BCUT2D eigenvalue weighted by Gasteiger charge is 2.17. The van der Waals surface area contributed by atoms with Crippen LogP contribution < -0.4 is 10.5 Å². The maximum Gasteiger partial charge on any atom is 0.262 e. The molecule has 0 heterocycles. The summed E-state index contributed by atoms with van der Waals surface area (Å²) < 4.78 is 52.7. The van der Waals surface area contributed by atoms with Crippen LogP contribution in [0.5, 0.6) is 0 Å². The zero-order valence-electron chi connectivity index (χ0n) is 9.90. The lowest BCUT2D eigenvalue weighted by molar-refractivity contribution is 0.504. The van der Waals surface area contributed by atoms with E-state index in [0.29, 0.717) is 16.2 Å². The fourth-order valence-corrected chi connectivity index (χ4v) is 2.77. The molecule has 8 heteroatoms. The lowest BCUT2D eigenvalue weighted by Crippen LogP contribution is -2.13. The van der Waals surface area contributed by atoms with Gasteiger partial charge < -0.3 is 5.73 Å². The molecule has 0 aliphatic rings. The molecule has 0 saturated heterocycles. The predicted octanol–water partition coefficient (Wildman–Crippen LogP) is 3.11. The molecule has 0 aromatic heterocycles. The standard InChI is InChI=1S/C12H9BrF2N2O2S/c13-9-3-1-7(5-12(9)16)17-20(18,19)8-2-4-10(14)11(15)6-8/h1-6,17H,16H2. The summed E-state index contributed by atoms with van der Waals surface area (Å²) in [6.07, 6.45) is 0. The lowest BCUT2D eigenvalue weighted by atomic mass is 10.3. The molecule has 3 N–H and O–H groups in total. The van der Waals surface area contributed by atoms with Gasteiger partial charge in [-0.3, -0.25) is 4.72 Å². The van der Waals surface area contributed by atoms with Crippen molar-refractivity contribution in [3.8, 4) is 0 Å². The van der Waals surface area contributed by atoms with E-state index in [1.54, 1.807) is 6.07 Å². The molecule has 0 atom stereocenters. The molecule has 0 aliphatic heterocycles. The van der Waals surface area contributed by atoms with E-state index < -0.39 is 21.7 Å². The first-order valence-corrected chi connectivity index (χ1v) is 7.60. The molecule has 2 aromatic carbocycles. The van der Waals surface area contributed by atoms with Gasteiger partial charge in [-0.05, 0) is 52.3 Å². The fourth-order valence-electron chi connectivity index (χ4n) is 1.47. The van der Waals surface area contributed by atoms with Crippen LogP contribution in [0.15, 0.2) is 45.8 Å². The topological polar surface area (TPSA) is 72.2 Å². The lowest BCUT2D eigenvalue weighted by Gasteiger charge is -2.09. The number of sulfonamides is 1. The van der Waals surface area contributed by atoms with Crippen LogP contribution in [-0.2, 0) is 10.0 Å². The van der Waals surface area contributed by atoms with Gasteiger partial charge in [0.2, 0.25) is 0 Å². The highest BCUT2D eigenvalue weighted by Crippen LogP contribution is 2.25. The predicted molar refractivity (Wildman–Crippen MR) is 75.7 cm³/mol. The summed E-state index contributed by atoms with van der Waals surface area (Å²) in [5, 5.41) is 0. The summed E-state index contributed by atoms with van der Waals surface area (Å²) in [4.78, 5) is -0.377. The van der Waals surface area contributed by atoms with E-state index in [0.717, 1.165) is 12.1 Å². The highest BCUT2D eigenvalue weighted by molar-refractivity contribution is 9.10. The Morgan fingerprint density at radius 1 is 1.05 bits per heavy atom. The van der Waals surface area contributed by atoms with Crippen LogP contribution in [-0.4, -0.2) is 8.42 Å². The number of hydrogen-bond donors (Lipinski definition) is 2. The average Bonchev–Trinajstić information content (AvgIpc) is 2.37. The number of rotatable bonds is 3. The minimum Gasteiger partial charge on any atom is -0.398 e. The van der Waals surface area contributed by atoms with E-state index in [2.05, 4.69) is 20.7 Å². The Bertz CT molecular complexity index is 766. The van der Waals surface area contributed by atoms with Gasteiger partial charge in [0, 0.05) is 10.2 Å². The van der Waals surface area contributed by atoms with Crippen LogP contribution in [0, 0.1) is 11.6 Å². The maximum atomic E-state index is 13.1. The number of anilines is 2. The van der Waals surface area contributed by atoms with Gasteiger partial charge >= 0.3 is 0 Å². The summed E-state index contributed by atoms with van der Waals surface area (Å²) in [5.41, 5.74) is 6.19. The van der Waals surface area contributed by atoms with E-state index >= 15 is 0 Å². The molecular weight excluding hydrogens is 354 g/mol. The second-order valence-corrected chi connectivity index (χ2v) is 6.45. The van der Waals surface area contributed by atoms with Crippen LogP contribution in [0.4, 0.5) is 20.2 Å². The van der Waals surface area contributed by atoms with E-state index in [1.807, 2.05) is 0 Å². The summed E-state index contributed by atoms with van der Waals surface area (Å²) in [6, 6.07) is 6.79. The number of nitrogens with two attached hydrogens (primary N) is 1. The van der Waals surface area contributed by atoms with Gasteiger partial charge in [0.25, 0.3) is 10.0 Å². The molecule has 0 aliphatic carbocycles. The number of nitrogens with one attached hydrogen (secondary N) is 1. The molecule has 0 bridgehead atoms. The van der Waals surface area contributed by atoms with Crippen LogP contribution in [0.2, 0.25) is 0 Å². The van der Waals surface area contributed by atoms with Crippen LogP contribution >= 0.6 is 15.9 Å². The normalized spacial score (nSPS) is 11.3. The second-order valence-electron chi connectivity index (χ2n) is 3.92. The third kappa shape index (κ3) is 3.07. The van der Waals surface area contributed by atoms with Gasteiger partial charge in [-0.1, -0.05) is 0 Å². The van der Waals surface area contributed by atoms with Gasteiger partial charge in [0.1, 0.15) is 0 Å². The van der Waals surface area contributed by atoms with Crippen molar-refractivity contribution in [2.24, 2.45) is 0 Å². The Labute approximate surface area is 122 Å². The molecular formula is C12H9BrF2N2O2S. The van der Waals surface area contributed by atoms with Crippen LogP contribution in [0.3, 0.4) is 0 Å². The van der Waals surface area contributed by atoms with Crippen molar-refractivity contribution in [3.05, 3.63) is 52.5 Å². The average molecular weight is 363 g/mol. The first-order valence-electron chi connectivity index (χ1n) is 5.32. The van der Waals surface area contributed by atoms with Gasteiger partial charge in [-0.25, -0.2) is 17.2 Å². The quantitative estimate of drug-likeness (QED) is 0.824. The molecule has 106 valence electrons. The second kappa shape index (κ2) is 5.37. The molecule has 0 fully saturated rings. The monoisotopic (exact) mass is 362 g/mol. The van der Waals surface area contributed by atoms with Crippen molar-refractivity contribution < 1.29 is 17.2 Å². The van der Waals surface area contributed by atoms with Gasteiger partial charge in [0.05, 0.1) is 10.6 Å². The molecule has 0 radical (unpaired) electrons. The van der Waals surface area contributed by atoms with Crippen molar-refractivity contribution in [2.45, 2.75) is 4.90 Å². The Hall–Kier alpha value is -1.67. The van der Waals surface area contributed by atoms with Gasteiger partial charge in [-0.15, -0.1) is 0 Å². The Balaban J connectivity index is 2.35. The van der Waals surface area contributed by atoms with Crippen molar-refractivity contribution in [1.29, 1.82) is 0 Å². The van der Waals surface area contributed by atoms with Crippen molar-refractivity contribution in [3.63, 3.8) is 0 Å². The van der Waals surface area contributed by atoms with Crippen molar-refractivity contribution in [2.75, 3.05) is 10.5 Å².